The van der Waals surface area contributed by atoms with Crippen molar-refractivity contribution >= 4 is 17.6 Å². The lowest BCUT2D eigenvalue weighted by Gasteiger charge is -2.22. The third kappa shape index (κ3) is 4.96. The normalized spacial score (nSPS) is 14.9. The molecule has 0 saturated heterocycles. The van der Waals surface area contributed by atoms with Crippen molar-refractivity contribution in [1.82, 2.24) is 5.32 Å². The van der Waals surface area contributed by atoms with Crippen LogP contribution in [0.1, 0.15) is 43.6 Å². The molecule has 6 nitrogen and oxygen atoms in total. The third-order valence-corrected chi connectivity index (χ3v) is 4.02. The molecule has 0 aliphatic rings. The summed E-state index contributed by atoms with van der Waals surface area (Å²) in [7, 11) is 0. The molecule has 0 bridgehead atoms. The molecule has 0 heterocycles. The van der Waals surface area contributed by atoms with E-state index in [0.717, 1.165) is 18.2 Å². The molecule has 0 fully saturated rings. The molecule has 0 saturated carbocycles. The van der Waals surface area contributed by atoms with Crippen LogP contribution in [-0.4, -0.2) is 40.3 Å². The molecule has 1 rings (SSSR count). The summed E-state index contributed by atoms with van der Waals surface area (Å²) in [4.78, 5) is 23.1. The lowest BCUT2D eigenvalue weighted by Crippen LogP contribution is -2.46. The number of hydrogen-bond donors (Lipinski definition) is 4. The molecule has 23 heavy (non-hydrogen) atoms. The molecular weight excluding hydrogens is 296 g/mol. The van der Waals surface area contributed by atoms with Gasteiger partial charge < -0.3 is 20.8 Å². The average molecular weight is 322 g/mol. The van der Waals surface area contributed by atoms with Crippen molar-refractivity contribution in [3.05, 3.63) is 29.3 Å². The second-order valence-electron chi connectivity index (χ2n) is 6.42. The van der Waals surface area contributed by atoms with Gasteiger partial charge in [0.25, 0.3) is 5.91 Å². The molecule has 6 heteroatoms. The van der Waals surface area contributed by atoms with Crippen LogP contribution >= 0.6 is 0 Å². The SMILES string of the molecule is Cc1c(NC(C)C(C)C)cccc1C(=O)NCC(C)(O)C(=O)O. The predicted octanol–water partition coefficient (Wildman–Crippen LogP) is 2.02. The highest BCUT2D eigenvalue weighted by Crippen LogP contribution is 2.21. The molecule has 2 unspecified atom stereocenters. The number of anilines is 1. The van der Waals surface area contributed by atoms with E-state index in [1.54, 1.807) is 12.1 Å². The predicted molar refractivity (Wildman–Crippen MR) is 89.7 cm³/mol. The van der Waals surface area contributed by atoms with Crippen LogP contribution in [0.3, 0.4) is 0 Å². The molecule has 4 N–H and O–H groups in total. The summed E-state index contributed by atoms with van der Waals surface area (Å²) in [5, 5.41) is 24.4. The highest BCUT2D eigenvalue weighted by molar-refractivity contribution is 5.97. The molecule has 128 valence electrons. The number of carbonyl (C=O) groups is 2. The Morgan fingerprint density at radius 2 is 1.87 bits per heavy atom. The van der Waals surface area contributed by atoms with E-state index < -0.39 is 17.5 Å². The van der Waals surface area contributed by atoms with E-state index >= 15 is 0 Å². The highest BCUT2D eigenvalue weighted by atomic mass is 16.4. The second-order valence-corrected chi connectivity index (χ2v) is 6.42. The Morgan fingerprint density at radius 3 is 2.39 bits per heavy atom. The first kappa shape index (κ1) is 19.0. The Kier molecular flexibility index (Phi) is 6.15. The number of carboxylic acid groups (broad SMARTS) is 1. The molecule has 2 atom stereocenters. The Bertz CT molecular complexity index is 582. The second kappa shape index (κ2) is 7.46. The maximum Gasteiger partial charge on any atom is 0.337 e. The zero-order valence-electron chi connectivity index (χ0n) is 14.3. The molecule has 1 amide bonds. The van der Waals surface area contributed by atoms with E-state index in [4.69, 9.17) is 5.11 Å². The van der Waals surface area contributed by atoms with Crippen LogP contribution in [-0.2, 0) is 4.79 Å². The van der Waals surface area contributed by atoms with Gasteiger partial charge in [-0.3, -0.25) is 4.79 Å². The van der Waals surface area contributed by atoms with Crippen molar-refractivity contribution in [2.45, 2.75) is 46.3 Å². The third-order valence-electron chi connectivity index (χ3n) is 4.02. The van der Waals surface area contributed by atoms with Gasteiger partial charge in [-0.2, -0.15) is 0 Å². The number of aliphatic hydroxyl groups is 1. The summed E-state index contributed by atoms with van der Waals surface area (Å²) >= 11 is 0. The van der Waals surface area contributed by atoms with Crippen LogP contribution in [0.2, 0.25) is 0 Å². The number of nitrogens with one attached hydrogen (secondary N) is 2. The Balaban J connectivity index is 2.88. The number of benzene rings is 1. The fourth-order valence-electron chi connectivity index (χ4n) is 1.87. The van der Waals surface area contributed by atoms with Crippen LogP contribution in [0.15, 0.2) is 18.2 Å². The van der Waals surface area contributed by atoms with E-state index in [1.165, 1.54) is 0 Å². The molecule has 0 radical (unpaired) electrons. The first-order valence-corrected chi connectivity index (χ1v) is 7.66. The maximum absolute atomic E-state index is 12.3. The van der Waals surface area contributed by atoms with E-state index in [9.17, 15) is 14.7 Å². The Morgan fingerprint density at radius 1 is 1.26 bits per heavy atom. The summed E-state index contributed by atoms with van der Waals surface area (Å²) in [6, 6.07) is 5.59. The fraction of sp³-hybridized carbons (Fsp3) is 0.529. The highest BCUT2D eigenvalue weighted by Gasteiger charge is 2.30. The van der Waals surface area contributed by atoms with Gasteiger partial charge in [-0.25, -0.2) is 4.79 Å². The first-order valence-electron chi connectivity index (χ1n) is 7.66. The van der Waals surface area contributed by atoms with Crippen molar-refractivity contribution in [3.63, 3.8) is 0 Å². The van der Waals surface area contributed by atoms with Crippen molar-refractivity contribution in [2.75, 3.05) is 11.9 Å². The van der Waals surface area contributed by atoms with Crippen LogP contribution in [0.5, 0.6) is 0 Å². The van der Waals surface area contributed by atoms with Gasteiger partial charge in [-0.05, 0) is 44.4 Å². The number of aliphatic carboxylic acids is 1. The summed E-state index contributed by atoms with van der Waals surface area (Å²) in [5.41, 5.74) is 0.106. The summed E-state index contributed by atoms with van der Waals surface area (Å²) in [6.07, 6.45) is 0. The monoisotopic (exact) mass is 322 g/mol. The van der Waals surface area contributed by atoms with Crippen LogP contribution in [0.4, 0.5) is 5.69 Å². The molecule has 0 aromatic heterocycles. The van der Waals surface area contributed by atoms with Crippen molar-refractivity contribution in [3.8, 4) is 0 Å². The van der Waals surface area contributed by atoms with Gasteiger partial charge in [0, 0.05) is 17.3 Å². The van der Waals surface area contributed by atoms with Crippen LogP contribution in [0.25, 0.3) is 0 Å². The number of amides is 1. The molecular formula is C17H26N2O4. The molecule has 0 aliphatic heterocycles. The van der Waals surface area contributed by atoms with Crippen molar-refractivity contribution in [1.29, 1.82) is 0 Å². The van der Waals surface area contributed by atoms with Gasteiger partial charge in [0.15, 0.2) is 5.60 Å². The van der Waals surface area contributed by atoms with E-state index in [1.807, 2.05) is 13.0 Å². The smallest absolute Gasteiger partial charge is 0.337 e. The average Bonchev–Trinajstić information content (AvgIpc) is 2.46. The Hall–Kier alpha value is -2.08. The van der Waals surface area contributed by atoms with Crippen molar-refractivity contribution < 1.29 is 19.8 Å². The first-order chi connectivity index (χ1) is 10.6. The largest absolute Gasteiger partial charge is 0.479 e. The van der Waals surface area contributed by atoms with Crippen molar-refractivity contribution in [2.24, 2.45) is 5.92 Å². The lowest BCUT2D eigenvalue weighted by molar-refractivity contribution is -0.155. The van der Waals surface area contributed by atoms with Gasteiger partial charge in [0.1, 0.15) is 0 Å². The number of carboxylic acids is 1. The number of carbonyl (C=O) groups excluding carboxylic acids is 1. The minimum atomic E-state index is -1.99. The zero-order valence-corrected chi connectivity index (χ0v) is 14.3. The number of hydrogen-bond acceptors (Lipinski definition) is 4. The standard InChI is InChI=1S/C17H26N2O4/c1-10(2)12(4)19-14-8-6-7-13(11(14)3)15(20)18-9-17(5,23)16(21)22/h6-8,10,12,19,23H,9H2,1-5H3,(H,18,20)(H,21,22). The zero-order chi connectivity index (χ0) is 17.8. The number of rotatable bonds is 7. The summed E-state index contributed by atoms with van der Waals surface area (Å²) < 4.78 is 0. The van der Waals surface area contributed by atoms with Gasteiger partial charge >= 0.3 is 5.97 Å². The van der Waals surface area contributed by atoms with Gasteiger partial charge in [-0.1, -0.05) is 19.9 Å². The summed E-state index contributed by atoms with van der Waals surface area (Å²) in [6.45, 7) is 8.90. The minimum Gasteiger partial charge on any atom is -0.479 e. The molecule has 0 aliphatic carbocycles. The van der Waals surface area contributed by atoms with Crippen LogP contribution < -0.4 is 10.6 Å². The quantitative estimate of drug-likeness (QED) is 0.615. The van der Waals surface area contributed by atoms with Gasteiger partial charge in [0.05, 0.1) is 6.54 Å². The maximum atomic E-state index is 12.3. The Labute approximate surface area is 136 Å². The minimum absolute atomic E-state index is 0.250. The summed E-state index contributed by atoms with van der Waals surface area (Å²) in [5.74, 6) is -1.35. The molecule has 0 spiro atoms. The van der Waals surface area contributed by atoms with Gasteiger partial charge in [0.2, 0.25) is 0 Å². The van der Waals surface area contributed by atoms with E-state index in [0.29, 0.717) is 11.5 Å². The van der Waals surface area contributed by atoms with Crippen LogP contribution in [0, 0.1) is 12.8 Å². The van der Waals surface area contributed by atoms with Gasteiger partial charge in [-0.15, -0.1) is 0 Å². The topological polar surface area (TPSA) is 98.7 Å². The lowest BCUT2D eigenvalue weighted by atomic mass is 10.0. The molecule has 1 aromatic carbocycles. The van der Waals surface area contributed by atoms with E-state index in [-0.39, 0.29) is 12.6 Å². The van der Waals surface area contributed by atoms with E-state index in [2.05, 4.69) is 31.4 Å². The fourth-order valence-corrected chi connectivity index (χ4v) is 1.87. The molecule has 1 aromatic rings.